The smallest absolute Gasteiger partial charge is 0.252 e. The molecule has 24 heavy (non-hydrogen) atoms. The average molecular weight is 372 g/mol. The van der Waals surface area contributed by atoms with Gasteiger partial charge in [0.25, 0.3) is 5.91 Å². The van der Waals surface area contributed by atoms with E-state index in [9.17, 15) is 9.18 Å². The number of carbonyl (C=O) groups is 1. The van der Waals surface area contributed by atoms with Crippen molar-refractivity contribution in [1.29, 1.82) is 0 Å². The quantitative estimate of drug-likeness (QED) is 0.778. The minimum Gasteiger partial charge on any atom is -0.497 e. The first-order valence-electron chi connectivity index (χ1n) is 7.04. The summed E-state index contributed by atoms with van der Waals surface area (Å²) in [5.41, 5.74) is 0.783. The van der Waals surface area contributed by atoms with Gasteiger partial charge in [-0.3, -0.25) is 4.79 Å². The number of hydrogen-bond donors (Lipinski definition) is 1. The predicted octanol–water partition coefficient (Wildman–Crippen LogP) is 4.64. The second-order valence-electron chi connectivity index (χ2n) is 5.08. The SMILES string of the molecule is COc1cc(OC)cc(C(=O)NC(C)c2cc(F)c(Cl)cc2Cl)c1. The number of benzene rings is 2. The topological polar surface area (TPSA) is 47.6 Å². The lowest BCUT2D eigenvalue weighted by atomic mass is 10.1. The van der Waals surface area contributed by atoms with E-state index in [-0.39, 0.29) is 16.0 Å². The van der Waals surface area contributed by atoms with Crippen molar-refractivity contribution >= 4 is 29.1 Å². The van der Waals surface area contributed by atoms with Crippen LogP contribution in [0.1, 0.15) is 28.9 Å². The Hall–Kier alpha value is -1.98. The molecule has 0 radical (unpaired) electrons. The van der Waals surface area contributed by atoms with E-state index in [1.54, 1.807) is 25.1 Å². The number of rotatable bonds is 5. The van der Waals surface area contributed by atoms with E-state index in [2.05, 4.69) is 5.32 Å². The normalized spacial score (nSPS) is 11.8. The van der Waals surface area contributed by atoms with Crippen molar-refractivity contribution in [3.8, 4) is 11.5 Å². The van der Waals surface area contributed by atoms with Crippen molar-refractivity contribution in [2.24, 2.45) is 0 Å². The monoisotopic (exact) mass is 371 g/mol. The molecule has 0 aromatic heterocycles. The lowest BCUT2D eigenvalue weighted by molar-refractivity contribution is 0.0939. The van der Waals surface area contributed by atoms with Crippen LogP contribution in [0.5, 0.6) is 11.5 Å². The van der Waals surface area contributed by atoms with Gasteiger partial charge in [-0.1, -0.05) is 23.2 Å². The summed E-state index contributed by atoms with van der Waals surface area (Å²) in [5.74, 6) is 0.0109. The molecule has 2 rings (SSSR count). The van der Waals surface area contributed by atoms with E-state index in [1.807, 2.05) is 0 Å². The number of amides is 1. The Kier molecular flexibility index (Phi) is 5.91. The van der Waals surface area contributed by atoms with Crippen molar-refractivity contribution < 1.29 is 18.7 Å². The van der Waals surface area contributed by atoms with Crippen LogP contribution in [0.3, 0.4) is 0 Å². The van der Waals surface area contributed by atoms with Gasteiger partial charge in [-0.2, -0.15) is 0 Å². The van der Waals surface area contributed by atoms with Crippen molar-refractivity contribution in [3.63, 3.8) is 0 Å². The van der Waals surface area contributed by atoms with Gasteiger partial charge in [-0.25, -0.2) is 4.39 Å². The third-order valence-corrected chi connectivity index (χ3v) is 4.08. The van der Waals surface area contributed by atoms with Gasteiger partial charge in [0.2, 0.25) is 0 Å². The summed E-state index contributed by atoms with van der Waals surface area (Å²) in [6.07, 6.45) is 0. The maximum atomic E-state index is 13.6. The standard InChI is InChI=1S/C17H16Cl2FNO3/c1-9(13-7-16(20)15(19)8-14(13)18)21-17(22)10-4-11(23-2)6-12(5-10)24-3/h4-9H,1-3H3,(H,21,22). The highest BCUT2D eigenvalue weighted by Gasteiger charge is 2.17. The molecule has 7 heteroatoms. The molecule has 0 aliphatic heterocycles. The van der Waals surface area contributed by atoms with E-state index in [4.69, 9.17) is 32.7 Å². The molecule has 0 fully saturated rings. The van der Waals surface area contributed by atoms with E-state index in [0.717, 1.165) is 0 Å². The van der Waals surface area contributed by atoms with Gasteiger partial charge >= 0.3 is 0 Å². The molecule has 0 saturated carbocycles. The number of hydrogen-bond acceptors (Lipinski definition) is 3. The fourth-order valence-electron chi connectivity index (χ4n) is 2.17. The van der Waals surface area contributed by atoms with Crippen molar-refractivity contribution in [2.75, 3.05) is 14.2 Å². The Morgan fingerprint density at radius 2 is 1.62 bits per heavy atom. The molecule has 0 saturated heterocycles. The zero-order valence-corrected chi connectivity index (χ0v) is 14.8. The van der Waals surface area contributed by atoms with Crippen LogP contribution in [0.15, 0.2) is 30.3 Å². The third kappa shape index (κ3) is 4.10. The summed E-state index contributed by atoms with van der Waals surface area (Å²) in [6.45, 7) is 1.70. The van der Waals surface area contributed by atoms with Gasteiger partial charge in [-0.15, -0.1) is 0 Å². The minimum atomic E-state index is -0.597. The van der Waals surface area contributed by atoms with E-state index in [1.165, 1.54) is 26.4 Å². The highest BCUT2D eigenvalue weighted by atomic mass is 35.5. The maximum absolute atomic E-state index is 13.6. The van der Waals surface area contributed by atoms with Crippen molar-refractivity contribution in [2.45, 2.75) is 13.0 Å². The van der Waals surface area contributed by atoms with Gasteiger partial charge in [0.15, 0.2) is 0 Å². The molecule has 0 aliphatic carbocycles. The molecule has 2 aromatic rings. The van der Waals surface area contributed by atoms with Crippen LogP contribution < -0.4 is 14.8 Å². The van der Waals surface area contributed by atoms with Crippen LogP contribution in [0, 0.1) is 5.82 Å². The first-order chi connectivity index (χ1) is 11.3. The predicted molar refractivity (Wildman–Crippen MR) is 91.8 cm³/mol. The van der Waals surface area contributed by atoms with Gasteiger partial charge in [-0.05, 0) is 36.8 Å². The minimum absolute atomic E-state index is 0.0696. The number of carbonyl (C=O) groups excluding carboxylic acids is 1. The summed E-state index contributed by atoms with van der Waals surface area (Å²) < 4.78 is 23.9. The Morgan fingerprint density at radius 3 is 2.17 bits per heavy atom. The summed E-state index contributed by atoms with van der Waals surface area (Å²) in [5, 5.41) is 2.96. The molecule has 1 atom stereocenters. The second kappa shape index (κ2) is 7.73. The number of nitrogens with one attached hydrogen (secondary N) is 1. The van der Waals surface area contributed by atoms with Crippen molar-refractivity contribution in [3.05, 3.63) is 57.3 Å². The third-order valence-electron chi connectivity index (χ3n) is 3.47. The van der Waals surface area contributed by atoms with Gasteiger partial charge in [0.1, 0.15) is 17.3 Å². The van der Waals surface area contributed by atoms with Gasteiger partial charge in [0.05, 0.1) is 25.3 Å². The largest absolute Gasteiger partial charge is 0.497 e. The Morgan fingerprint density at radius 1 is 1.04 bits per heavy atom. The molecule has 1 N–H and O–H groups in total. The second-order valence-corrected chi connectivity index (χ2v) is 5.90. The lowest BCUT2D eigenvalue weighted by Gasteiger charge is -2.17. The van der Waals surface area contributed by atoms with E-state index >= 15 is 0 Å². The first kappa shape index (κ1) is 18.4. The summed E-state index contributed by atoms with van der Waals surface area (Å²) >= 11 is 11.8. The fraction of sp³-hybridized carbons (Fsp3) is 0.235. The summed E-state index contributed by atoms with van der Waals surface area (Å²) in [4.78, 5) is 12.4. The molecular formula is C17H16Cl2FNO3. The first-order valence-corrected chi connectivity index (χ1v) is 7.79. The molecule has 0 bridgehead atoms. The Balaban J connectivity index is 2.25. The molecule has 1 unspecified atom stereocenters. The molecule has 0 aliphatic rings. The average Bonchev–Trinajstić information content (AvgIpc) is 2.57. The van der Waals surface area contributed by atoms with Crippen LogP contribution in [0.4, 0.5) is 4.39 Å². The number of halogens is 3. The van der Waals surface area contributed by atoms with Crippen LogP contribution in [0.2, 0.25) is 10.0 Å². The van der Waals surface area contributed by atoms with Crippen LogP contribution in [0.25, 0.3) is 0 Å². The van der Waals surface area contributed by atoms with Gasteiger partial charge < -0.3 is 14.8 Å². The highest BCUT2D eigenvalue weighted by molar-refractivity contribution is 6.35. The van der Waals surface area contributed by atoms with Crippen LogP contribution >= 0.6 is 23.2 Å². The molecule has 128 valence electrons. The Bertz CT molecular complexity index is 745. The molecule has 1 amide bonds. The number of ether oxygens (including phenoxy) is 2. The summed E-state index contributed by atoms with van der Waals surface area (Å²) in [7, 11) is 2.99. The molecule has 2 aromatic carbocycles. The molecule has 4 nitrogen and oxygen atoms in total. The zero-order valence-electron chi connectivity index (χ0n) is 13.3. The Labute approximate surface area is 149 Å². The molecule has 0 heterocycles. The maximum Gasteiger partial charge on any atom is 0.252 e. The molecular weight excluding hydrogens is 356 g/mol. The summed E-state index contributed by atoms with van der Waals surface area (Å²) in [6, 6.07) is 6.82. The fourth-order valence-corrected chi connectivity index (χ4v) is 2.71. The van der Waals surface area contributed by atoms with Gasteiger partial charge in [0, 0.05) is 16.7 Å². The van der Waals surface area contributed by atoms with Crippen LogP contribution in [-0.4, -0.2) is 20.1 Å². The number of methoxy groups -OCH3 is 2. The lowest BCUT2D eigenvalue weighted by Crippen LogP contribution is -2.27. The van der Waals surface area contributed by atoms with E-state index < -0.39 is 11.9 Å². The zero-order chi connectivity index (χ0) is 17.9. The van der Waals surface area contributed by atoms with Crippen LogP contribution in [-0.2, 0) is 0 Å². The molecule has 0 spiro atoms. The van der Waals surface area contributed by atoms with E-state index in [0.29, 0.717) is 22.6 Å². The van der Waals surface area contributed by atoms with Crippen molar-refractivity contribution in [1.82, 2.24) is 5.32 Å². The highest BCUT2D eigenvalue weighted by Crippen LogP contribution is 2.29.